The van der Waals surface area contributed by atoms with Gasteiger partial charge < -0.3 is 10.3 Å². The molecule has 0 aromatic carbocycles. The molecule has 0 unspecified atom stereocenters. The van der Waals surface area contributed by atoms with Crippen molar-refractivity contribution < 1.29 is 13.2 Å². The van der Waals surface area contributed by atoms with Crippen LogP contribution in [0.3, 0.4) is 0 Å². The standard InChI is InChI=1S/C13H19F3N4/c14-13(15,16)9-3-1-8(2-4-9)12-19-18-11(7-17)20(12)10-5-6-10/h8-10H,1-7,17H2. The number of aromatic nitrogens is 3. The number of nitrogens with two attached hydrogens (primary N) is 1. The normalized spacial score (nSPS) is 27.8. The van der Waals surface area contributed by atoms with Crippen LogP contribution < -0.4 is 5.73 Å². The lowest BCUT2D eigenvalue weighted by Gasteiger charge is -2.29. The summed E-state index contributed by atoms with van der Waals surface area (Å²) in [6.45, 7) is 0.335. The van der Waals surface area contributed by atoms with Gasteiger partial charge >= 0.3 is 6.18 Å². The van der Waals surface area contributed by atoms with Gasteiger partial charge in [-0.05, 0) is 38.5 Å². The van der Waals surface area contributed by atoms with Crippen molar-refractivity contribution >= 4 is 0 Å². The molecule has 3 rings (SSSR count). The number of rotatable bonds is 3. The van der Waals surface area contributed by atoms with Crippen molar-refractivity contribution in [3.63, 3.8) is 0 Å². The lowest BCUT2D eigenvalue weighted by atomic mass is 9.81. The van der Waals surface area contributed by atoms with Crippen LogP contribution in [-0.2, 0) is 6.54 Å². The monoisotopic (exact) mass is 288 g/mol. The Morgan fingerprint density at radius 2 is 1.70 bits per heavy atom. The van der Waals surface area contributed by atoms with Crippen LogP contribution in [-0.4, -0.2) is 20.9 Å². The van der Waals surface area contributed by atoms with Gasteiger partial charge in [0.1, 0.15) is 11.6 Å². The van der Waals surface area contributed by atoms with E-state index in [1.54, 1.807) is 0 Å². The van der Waals surface area contributed by atoms with Gasteiger partial charge in [-0.25, -0.2) is 0 Å². The molecule has 1 heterocycles. The summed E-state index contributed by atoms with van der Waals surface area (Å²) in [7, 11) is 0. The van der Waals surface area contributed by atoms with Gasteiger partial charge in [0, 0.05) is 12.0 Å². The van der Waals surface area contributed by atoms with Gasteiger partial charge in [0.05, 0.1) is 12.5 Å². The molecule has 1 aromatic rings. The van der Waals surface area contributed by atoms with E-state index in [0.29, 0.717) is 25.4 Å². The molecule has 0 saturated heterocycles. The van der Waals surface area contributed by atoms with Crippen molar-refractivity contribution in [1.82, 2.24) is 14.8 Å². The molecule has 20 heavy (non-hydrogen) atoms. The van der Waals surface area contributed by atoms with Crippen molar-refractivity contribution in [2.45, 2.75) is 63.2 Å². The van der Waals surface area contributed by atoms with Crippen LogP contribution >= 0.6 is 0 Å². The first-order valence-corrected chi connectivity index (χ1v) is 7.21. The Labute approximate surface area is 115 Å². The predicted molar refractivity (Wildman–Crippen MR) is 66.9 cm³/mol. The lowest BCUT2D eigenvalue weighted by Crippen LogP contribution is -2.28. The van der Waals surface area contributed by atoms with Crippen molar-refractivity contribution in [3.8, 4) is 0 Å². The van der Waals surface area contributed by atoms with Crippen molar-refractivity contribution in [2.75, 3.05) is 0 Å². The average Bonchev–Trinajstić information content (AvgIpc) is 3.17. The maximum absolute atomic E-state index is 12.7. The first kappa shape index (κ1) is 13.9. The molecule has 2 saturated carbocycles. The molecule has 0 spiro atoms. The Kier molecular flexibility index (Phi) is 3.48. The summed E-state index contributed by atoms with van der Waals surface area (Å²) < 4.78 is 40.2. The fourth-order valence-electron chi connectivity index (χ4n) is 3.16. The number of hydrogen-bond donors (Lipinski definition) is 1. The van der Waals surface area contributed by atoms with Crippen LogP contribution in [0.25, 0.3) is 0 Å². The molecule has 0 aliphatic heterocycles. The second kappa shape index (κ2) is 5.02. The van der Waals surface area contributed by atoms with Gasteiger partial charge in [0.2, 0.25) is 0 Å². The Balaban J connectivity index is 1.74. The highest BCUT2D eigenvalue weighted by molar-refractivity contribution is 5.08. The molecular formula is C13H19F3N4. The zero-order valence-electron chi connectivity index (χ0n) is 11.2. The van der Waals surface area contributed by atoms with E-state index in [1.807, 2.05) is 0 Å². The first-order valence-electron chi connectivity index (χ1n) is 7.21. The largest absolute Gasteiger partial charge is 0.391 e. The van der Waals surface area contributed by atoms with E-state index in [9.17, 15) is 13.2 Å². The molecule has 0 amide bonds. The average molecular weight is 288 g/mol. The zero-order valence-corrected chi connectivity index (χ0v) is 11.2. The first-order chi connectivity index (χ1) is 9.50. The molecule has 1 aromatic heterocycles. The molecule has 2 fully saturated rings. The number of nitrogens with zero attached hydrogens (tertiary/aromatic N) is 3. The Morgan fingerprint density at radius 3 is 2.20 bits per heavy atom. The van der Waals surface area contributed by atoms with Gasteiger partial charge in [-0.15, -0.1) is 10.2 Å². The Bertz CT molecular complexity index is 470. The summed E-state index contributed by atoms with van der Waals surface area (Å²) in [4.78, 5) is 0. The summed E-state index contributed by atoms with van der Waals surface area (Å²) in [5, 5.41) is 8.32. The molecular weight excluding hydrogens is 269 g/mol. The predicted octanol–water partition coefficient (Wildman–Crippen LogP) is 2.91. The van der Waals surface area contributed by atoms with Gasteiger partial charge in [0.15, 0.2) is 0 Å². The smallest absolute Gasteiger partial charge is 0.324 e. The van der Waals surface area contributed by atoms with Crippen LogP contribution in [0.5, 0.6) is 0 Å². The SMILES string of the molecule is NCc1nnc(C2CCC(C(F)(F)F)CC2)n1C1CC1. The fraction of sp³-hybridized carbons (Fsp3) is 0.846. The van der Waals surface area contributed by atoms with E-state index in [-0.39, 0.29) is 18.8 Å². The third-order valence-electron chi connectivity index (χ3n) is 4.44. The minimum absolute atomic E-state index is 0.0991. The van der Waals surface area contributed by atoms with E-state index >= 15 is 0 Å². The van der Waals surface area contributed by atoms with Crippen LogP contribution in [0.2, 0.25) is 0 Å². The second-order valence-corrected chi connectivity index (χ2v) is 5.87. The van der Waals surface area contributed by atoms with Crippen molar-refractivity contribution in [3.05, 3.63) is 11.6 Å². The topological polar surface area (TPSA) is 56.7 Å². The molecule has 7 heteroatoms. The third kappa shape index (κ3) is 2.55. The van der Waals surface area contributed by atoms with Gasteiger partial charge in [0.25, 0.3) is 0 Å². The van der Waals surface area contributed by atoms with Gasteiger partial charge in [-0.3, -0.25) is 0 Å². The quantitative estimate of drug-likeness (QED) is 0.930. The van der Waals surface area contributed by atoms with E-state index in [0.717, 1.165) is 24.5 Å². The van der Waals surface area contributed by atoms with Crippen LogP contribution in [0, 0.1) is 5.92 Å². The molecule has 2 aliphatic rings. The lowest BCUT2D eigenvalue weighted by molar-refractivity contribution is -0.182. The van der Waals surface area contributed by atoms with Gasteiger partial charge in [-0.2, -0.15) is 13.2 Å². The summed E-state index contributed by atoms with van der Waals surface area (Å²) >= 11 is 0. The van der Waals surface area contributed by atoms with Crippen LogP contribution in [0.4, 0.5) is 13.2 Å². The van der Waals surface area contributed by atoms with E-state index in [1.165, 1.54) is 0 Å². The molecule has 2 N–H and O–H groups in total. The Hall–Kier alpha value is -1.11. The highest BCUT2D eigenvalue weighted by Crippen LogP contribution is 2.45. The van der Waals surface area contributed by atoms with Gasteiger partial charge in [-0.1, -0.05) is 0 Å². The molecule has 4 nitrogen and oxygen atoms in total. The maximum Gasteiger partial charge on any atom is 0.391 e. The fourth-order valence-corrected chi connectivity index (χ4v) is 3.16. The minimum atomic E-state index is -4.06. The highest BCUT2D eigenvalue weighted by Gasteiger charge is 2.43. The van der Waals surface area contributed by atoms with Crippen molar-refractivity contribution in [2.24, 2.45) is 11.7 Å². The second-order valence-electron chi connectivity index (χ2n) is 5.87. The highest BCUT2D eigenvalue weighted by atomic mass is 19.4. The zero-order chi connectivity index (χ0) is 14.3. The van der Waals surface area contributed by atoms with E-state index in [2.05, 4.69) is 14.8 Å². The molecule has 0 radical (unpaired) electrons. The minimum Gasteiger partial charge on any atom is -0.324 e. The molecule has 2 aliphatic carbocycles. The maximum atomic E-state index is 12.7. The van der Waals surface area contributed by atoms with E-state index < -0.39 is 12.1 Å². The van der Waals surface area contributed by atoms with Crippen LogP contribution in [0.15, 0.2) is 0 Å². The number of alkyl halides is 3. The third-order valence-corrected chi connectivity index (χ3v) is 4.44. The number of halogens is 3. The number of hydrogen-bond acceptors (Lipinski definition) is 3. The molecule has 0 bridgehead atoms. The summed E-state index contributed by atoms with van der Waals surface area (Å²) in [5.41, 5.74) is 5.67. The summed E-state index contributed by atoms with van der Waals surface area (Å²) in [5.74, 6) is 0.570. The van der Waals surface area contributed by atoms with Crippen LogP contribution in [0.1, 0.15) is 62.1 Å². The van der Waals surface area contributed by atoms with E-state index in [4.69, 9.17) is 5.73 Å². The Morgan fingerprint density at radius 1 is 1.05 bits per heavy atom. The summed E-state index contributed by atoms with van der Waals surface area (Å²) in [6, 6.07) is 0.416. The molecule has 0 atom stereocenters. The molecule has 112 valence electrons. The summed E-state index contributed by atoms with van der Waals surface area (Å²) in [6.07, 6.45) is -0.393. The van der Waals surface area contributed by atoms with Crippen molar-refractivity contribution in [1.29, 1.82) is 0 Å².